The molecule has 1 nitrogen and oxygen atoms in total. The number of rotatable bonds is 3. The Balaban J connectivity index is 2.45. The van der Waals surface area contributed by atoms with E-state index in [0.717, 1.165) is 31.6 Å². The van der Waals surface area contributed by atoms with Crippen LogP contribution in [0.4, 0.5) is 0 Å². The minimum absolute atomic E-state index is 0.0919. The van der Waals surface area contributed by atoms with E-state index in [-0.39, 0.29) is 6.04 Å². The molecular weight excluding hydrogens is 285 g/mol. The second-order valence-corrected chi connectivity index (χ2v) is 6.02. The fourth-order valence-corrected chi connectivity index (χ4v) is 3.51. The first-order valence-corrected chi connectivity index (χ1v) is 7.35. The highest BCUT2D eigenvalue weighted by Crippen LogP contribution is 2.36. The lowest BCUT2D eigenvalue weighted by Gasteiger charge is -2.17. The smallest absolute Gasteiger partial charge is 0.0684 e. The van der Waals surface area contributed by atoms with E-state index in [0.29, 0.717) is 0 Å². The minimum atomic E-state index is 0.0919. The van der Waals surface area contributed by atoms with Crippen molar-refractivity contribution in [1.29, 1.82) is 0 Å². The van der Waals surface area contributed by atoms with Gasteiger partial charge in [-0.1, -0.05) is 35.3 Å². The van der Waals surface area contributed by atoms with Crippen LogP contribution in [0.1, 0.15) is 27.6 Å². The molecule has 0 fully saturated rings. The van der Waals surface area contributed by atoms with E-state index in [1.807, 2.05) is 33.0 Å². The molecule has 0 amide bonds. The molecule has 2 aromatic rings. The molecule has 0 aliphatic rings. The van der Waals surface area contributed by atoms with Crippen LogP contribution in [0.3, 0.4) is 0 Å². The third kappa shape index (κ3) is 2.57. The zero-order chi connectivity index (χ0) is 13.3. The van der Waals surface area contributed by atoms with E-state index in [4.69, 9.17) is 23.2 Å². The maximum atomic E-state index is 6.34. The summed E-state index contributed by atoms with van der Waals surface area (Å²) in [5.74, 6) is 0. The molecule has 1 heterocycles. The van der Waals surface area contributed by atoms with E-state index in [1.54, 1.807) is 11.3 Å². The summed E-state index contributed by atoms with van der Waals surface area (Å²) in [6, 6.07) is 6.22. The molecule has 0 aliphatic heterocycles. The third-order valence-corrected chi connectivity index (χ3v) is 5.19. The quantitative estimate of drug-likeness (QED) is 0.843. The van der Waals surface area contributed by atoms with E-state index >= 15 is 0 Å². The molecular formula is C14H15Cl2NS. The van der Waals surface area contributed by atoms with Crippen LogP contribution in [0.5, 0.6) is 0 Å². The SMILES string of the molecule is CNC(c1ccc(C)c(Cl)c1)c1scc(C)c1Cl. The first-order valence-electron chi connectivity index (χ1n) is 5.71. The fraction of sp³-hybridized carbons (Fsp3) is 0.286. The summed E-state index contributed by atoms with van der Waals surface area (Å²) < 4.78 is 0. The van der Waals surface area contributed by atoms with Gasteiger partial charge in [-0.25, -0.2) is 0 Å². The average Bonchev–Trinajstić information content (AvgIpc) is 2.67. The largest absolute Gasteiger partial charge is 0.309 e. The molecule has 1 N–H and O–H groups in total. The van der Waals surface area contributed by atoms with Gasteiger partial charge in [-0.3, -0.25) is 0 Å². The van der Waals surface area contributed by atoms with Gasteiger partial charge in [0, 0.05) is 9.90 Å². The second kappa shape index (κ2) is 5.62. The Kier molecular flexibility index (Phi) is 4.33. The highest BCUT2D eigenvalue weighted by molar-refractivity contribution is 7.10. The lowest BCUT2D eigenvalue weighted by molar-refractivity contribution is 0.703. The summed E-state index contributed by atoms with van der Waals surface area (Å²) >= 11 is 14.2. The van der Waals surface area contributed by atoms with Crippen molar-refractivity contribution in [1.82, 2.24) is 5.32 Å². The van der Waals surface area contributed by atoms with Crippen molar-refractivity contribution in [3.8, 4) is 0 Å². The van der Waals surface area contributed by atoms with E-state index in [2.05, 4.69) is 16.8 Å². The summed E-state index contributed by atoms with van der Waals surface area (Å²) in [7, 11) is 1.93. The van der Waals surface area contributed by atoms with Crippen molar-refractivity contribution in [2.45, 2.75) is 19.9 Å². The maximum Gasteiger partial charge on any atom is 0.0684 e. The van der Waals surface area contributed by atoms with Gasteiger partial charge in [-0.15, -0.1) is 11.3 Å². The summed E-state index contributed by atoms with van der Waals surface area (Å²) in [6.07, 6.45) is 0. The van der Waals surface area contributed by atoms with Crippen LogP contribution in [0.2, 0.25) is 10.0 Å². The van der Waals surface area contributed by atoms with E-state index in [9.17, 15) is 0 Å². The van der Waals surface area contributed by atoms with Gasteiger partial charge >= 0.3 is 0 Å². The highest BCUT2D eigenvalue weighted by Gasteiger charge is 2.18. The van der Waals surface area contributed by atoms with Crippen molar-refractivity contribution < 1.29 is 0 Å². The number of nitrogens with one attached hydrogen (secondary N) is 1. The zero-order valence-corrected chi connectivity index (χ0v) is 12.9. The van der Waals surface area contributed by atoms with Gasteiger partial charge in [0.2, 0.25) is 0 Å². The predicted octanol–water partition coefficient (Wildman–Crippen LogP) is 4.98. The Morgan fingerprint density at radius 1 is 1.17 bits per heavy atom. The standard InChI is InChI=1S/C14H15Cl2NS/c1-8-4-5-10(6-11(8)15)13(17-3)14-12(16)9(2)7-18-14/h4-7,13,17H,1-3H3. The van der Waals surface area contributed by atoms with Gasteiger partial charge in [-0.2, -0.15) is 0 Å². The topological polar surface area (TPSA) is 12.0 Å². The Morgan fingerprint density at radius 2 is 1.89 bits per heavy atom. The molecule has 1 unspecified atom stereocenters. The number of halogens is 2. The summed E-state index contributed by atoms with van der Waals surface area (Å²) in [5, 5.41) is 7.02. The monoisotopic (exact) mass is 299 g/mol. The molecule has 4 heteroatoms. The molecule has 0 bridgehead atoms. The Bertz CT molecular complexity index is 563. The van der Waals surface area contributed by atoms with Crippen LogP contribution in [-0.2, 0) is 0 Å². The van der Waals surface area contributed by atoms with Gasteiger partial charge in [0.05, 0.1) is 11.1 Å². The molecule has 1 aromatic carbocycles. The van der Waals surface area contributed by atoms with Gasteiger partial charge < -0.3 is 5.32 Å². The average molecular weight is 300 g/mol. The van der Waals surface area contributed by atoms with Crippen LogP contribution >= 0.6 is 34.5 Å². The van der Waals surface area contributed by atoms with E-state index in [1.165, 1.54) is 0 Å². The highest BCUT2D eigenvalue weighted by atomic mass is 35.5. The first-order chi connectivity index (χ1) is 8.54. The zero-order valence-electron chi connectivity index (χ0n) is 10.6. The van der Waals surface area contributed by atoms with Gasteiger partial charge in [-0.05, 0) is 49.0 Å². The first kappa shape index (κ1) is 13.9. The van der Waals surface area contributed by atoms with Crippen LogP contribution in [0.15, 0.2) is 23.6 Å². The molecule has 0 saturated carbocycles. The lowest BCUT2D eigenvalue weighted by atomic mass is 10.0. The fourth-order valence-electron chi connectivity index (χ4n) is 1.88. The van der Waals surface area contributed by atoms with Gasteiger partial charge in [0.15, 0.2) is 0 Å². The normalized spacial score (nSPS) is 12.7. The van der Waals surface area contributed by atoms with Gasteiger partial charge in [0.25, 0.3) is 0 Å². The van der Waals surface area contributed by atoms with Crippen LogP contribution in [0, 0.1) is 13.8 Å². The number of hydrogen-bond donors (Lipinski definition) is 1. The second-order valence-electron chi connectivity index (χ2n) is 4.33. The van der Waals surface area contributed by atoms with Crippen LogP contribution in [-0.4, -0.2) is 7.05 Å². The molecule has 2 rings (SSSR count). The molecule has 0 saturated heterocycles. The summed E-state index contributed by atoms with van der Waals surface area (Å²) in [5.41, 5.74) is 3.34. The van der Waals surface area contributed by atoms with E-state index < -0.39 is 0 Å². The number of aryl methyl sites for hydroxylation is 2. The predicted molar refractivity (Wildman–Crippen MR) is 81.2 cm³/mol. The molecule has 0 radical (unpaired) electrons. The van der Waals surface area contributed by atoms with Crippen molar-refractivity contribution >= 4 is 34.5 Å². The summed E-state index contributed by atoms with van der Waals surface area (Å²) in [6.45, 7) is 4.03. The molecule has 18 heavy (non-hydrogen) atoms. The maximum absolute atomic E-state index is 6.34. The van der Waals surface area contributed by atoms with Gasteiger partial charge in [0.1, 0.15) is 0 Å². The van der Waals surface area contributed by atoms with Crippen LogP contribution in [0.25, 0.3) is 0 Å². The van der Waals surface area contributed by atoms with Crippen molar-refractivity contribution in [3.63, 3.8) is 0 Å². The number of hydrogen-bond acceptors (Lipinski definition) is 2. The Morgan fingerprint density at radius 3 is 2.39 bits per heavy atom. The number of thiophene rings is 1. The molecule has 0 aliphatic carbocycles. The molecule has 1 aromatic heterocycles. The van der Waals surface area contributed by atoms with Crippen molar-refractivity contribution in [2.75, 3.05) is 7.05 Å². The Labute approximate surface area is 122 Å². The number of benzene rings is 1. The Hall–Kier alpha value is -0.540. The molecule has 1 atom stereocenters. The molecule has 0 spiro atoms. The van der Waals surface area contributed by atoms with Crippen molar-refractivity contribution in [3.05, 3.63) is 55.2 Å². The van der Waals surface area contributed by atoms with Crippen molar-refractivity contribution in [2.24, 2.45) is 0 Å². The third-order valence-electron chi connectivity index (χ3n) is 3.01. The lowest BCUT2D eigenvalue weighted by Crippen LogP contribution is -2.16. The molecule has 96 valence electrons. The van der Waals surface area contributed by atoms with Crippen LogP contribution < -0.4 is 5.32 Å². The summed E-state index contributed by atoms with van der Waals surface area (Å²) in [4.78, 5) is 1.14. The minimum Gasteiger partial charge on any atom is -0.309 e.